The highest BCUT2D eigenvalue weighted by Crippen LogP contribution is 2.16. The molecule has 0 aliphatic carbocycles. The molecular formula is C19H20N2O3S. The molecule has 1 amide bonds. The molecule has 0 spiro atoms. The number of benzene rings is 2. The average molecular weight is 356 g/mol. The van der Waals surface area contributed by atoms with Gasteiger partial charge in [0.1, 0.15) is 0 Å². The van der Waals surface area contributed by atoms with Crippen LogP contribution in [-0.2, 0) is 15.5 Å². The quantitative estimate of drug-likeness (QED) is 0.673. The first-order valence-corrected chi connectivity index (χ1v) is 9.33. The summed E-state index contributed by atoms with van der Waals surface area (Å²) in [6.07, 6.45) is 3.03. The van der Waals surface area contributed by atoms with Crippen LogP contribution in [0.4, 0.5) is 5.69 Å². The van der Waals surface area contributed by atoms with Crippen LogP contribution in [0.1, 0.15) is 5.56 Å². The Balaban J connectivity index is 1.62. The van der Waals surface area contributed by atoms with Gasteiger partial charge in [-0.2, -0.15) is 0 Å². The Morgan fingerprint density at radius 3 is 2.20 bits per heavy atom. The summed E-state index contributed by atoms with van der Waals surface area (Å²) in [5, 5.41) is 0. The van der Waals surface area contributed by atoms with Crippen LogP contribution in [0.5, 0.6) is 0 Å². The third-order valence-electron chi connectivity index (χ3n) is 4.25. The number of piperazine rings is 1. The molecule has 1 aliphatic heterocycles. The van der Waals surface area contributed by atoms with Crippen molar-refractivity contribution in [3.8, 4) is 0 Å². The zero-order chi connectivity index (χ0) is 17.6. The highest BCUT2D eigenvalue weighted by Gasteiger charge is 2.19. The van der Waals surface area contributed by atoms with Crippen LogP contribution >= 0.6 is 0 Å². The van der Waals surface area contributed by atoms with E-state index in [4.69, 9.17) is 0 Å². The molecule has 130 valence electrons. The van der Waals surface area contributed by atoms with Gasteiger partial charge in [-0.15, -0.1) is 0 Å². The van der Waals surface area contributed by atoms with Gasteiger partial charge < -0.3 is 9.80 Å². The molecule has 2 aromatic carbocycles. The number of rotatable bonds is 4. The van der Waals surface area contributed by atoms with Crippen LogP contribution < -0.4 is 4.90 Å². The topological polar surface area (TPSA) is 57.7 Å². The van der Waals surface area contributed by atoms with E-state index in [0.717, 1.165) is 13.1 Å². The fourth-order valence-corrected chi connectivity index (χ4v) is 3.45. The van der Waals surface area contributed by atoms with Crippen LogP contribution in [0.15, 0.2) is 65.6 Å². The Labute approximate surface area is 149 Å². The molecule has 1 saturated heterocycles. The van der Waals surface area contributed by atoms with Gasteiger partial charge in [-0.25, -0.2) is 8.42 Å². The van der Waals surface area contributed by atoms with E-state index in [-0.39, 0.29) is 10.8 Å². The molecule has 25 heavy (non-hydrogen) atoms. The van der Waals surface area contributed by atoms with Gasteiger partial charge in [-0.05, 0) is 29.8 Å². The second-order valence-electron chi connectivity index (χ2n) is 5.80. The summed E-state index contributed by atoms with van der Waals surface area (Å²) in [5.41, 5.74) is 1.70. The number of nitrogens with zero attached hydrogens (tertiary/aromatic N) is 2. The number of amides is 1. The zero-order valence-electron chi connectivity index (χ0n) is 13.7. The molecule has 0 N–H and O–H groups in total. The fraction of sp³-hybridized carbons (Fsp3) is 0.211. The number of thiol groups is 1. The first-order chi connectivity index (χ1) is 12.1. The first kappa shape index (κ1) is 17.2. The van der Waals surface area contributed by atoms with E-state index in [0.29, 0.717) is 18.7 Å². The van der Waals surface area contributed by atoms with E-state index in [1.807, 2.05) is 18.2 Å². The van der Waals surface area contributed by atoms with Crippen LogP contribution in [-0.4, -0.2) is 45.4 Å². The van der Waals surface area contributed by atoms with Crippen molar-refractivity contribution >= 4 is 28.4 Å². The molecular weight excluding hydrogens is 336 g/mol. The fourth-order valence-electron chi connectivity index (χ4n) is 2.89. The minimum absolute atomic E-state index is 0.0939. The van der Waals surface area contributed by atoms with Gasteiger partial charge in [0.15, 0.2) is 10.7 Å². The minimum atomic E-state index is -2.68. The Kier molecular flexibility index (Phi) is 5.50. The molecule has 2 aromatic rings. The standard InChI is InChI=1S/C19H20N2O3S/c22-19(11-10-16-6-4-5-9-18(16)25(23)24)21-14-12-20(13-15-21)17-7-2-1-3-8-17/h1-11,25H,12-15H2/b11-10+. The SMILES string of the molecule is O=C(/C=C/c1ccccc1[SH](=O)=O)N1CCN(c2ccccc2)CC1. The van der Waals surface area contributed by atoms with Crippen molar-refractivity contribution in [2.24, 2.45) is 0 Å². The third kappa shape index (κ3) is 4.28. The van der Waals surface area contributed by atoms with Gasteiger partial charge in [0, 0.05) is 37.9 Å². The summed E-state index contributed by atoms with van der Waals surface area (Å²) in [7, 11) is -2.68. The van der Waals surface area contributed by atoms with Crippen molar-refractivity contribution in [3.63, 3.8) is 0 Å². The maximum absolute atomic E-state index is 12.4. The molecule has 0 saturated carbocycles. The van der Waals surface area contributed by atoms with Crippen molar-refractivity contribution in [1.29, 1.82) is 0 Å². The lowest BCUT2D eigenvalue weighted by Crippen LogP contribution is -2.48. The number of carbonyl (C=O) groups excluding carboxylic acids is 1. The zero-order valence-corrected chi connectivity index (χ0v) is 14.6. The molecule has 1 fully saturated rings. The Morgan fingerprint density at radius 2 is 1.52 bits per heavy atom. The van der Waals surface area contributed by atoms with Gasteiger partial charge in [-0.1, -0.05) is 36.4 Å². The first-order valence-electron chi connectivity index (χ1n) is 8.15. The molecule has 0 atom stereocenters. The summed E-state index contributed by atoms with van der Waals surface area (Å²) >= 11 is 0. The molecule has 6 heteroatoms. The summed E-state index contributed by atoms with van der Waals surface area (Å²) in [6.45, 7) is 2.87. The highest BCUT2D eigenvalue weighted by molar-refractivity contribution is 7.72. The normalized spacial score (nSPS) is 15.1. The molecule has 3 rings (SSSR count). The Bertz CT molecular complexity index is 831. The van der Waals surface area contributed by atoms with Gasteiger partial charge in [-0.3, -0.25) is 4.79 Å². The van der Waals surface area contributed by atoms with Crippen molar-refractivity contribution in [1.82, 2.24) is 4.90 Å². The van der Waals surface area contributed by atoms with E-state index in [9.17, 15) is 13.2 Å². The molecule has 0 bridgehead atoms. The molecule has 1 heterocycles. The highest BCUT2D eigenvalue weighted by atomic mass is 32.2. The van der Waals surface area contributed by atoms with Crippen LogP contribution in [0.3, 0.4) is 0 Å². The molecule has 0 radical (unpaired) electrons. The Morgan fingerprint density at radius 1 is 0.880 bits per heavy atom. The van der Waals surface area contributed by atoms with E-state index in [2.05, 4.69) is 17.0 Å². The largest absolute Gasteiger partial charge is 0.368 e. The molecule has 1 aliphatic rings. The maximum Gasteiger partial charge on any atom is 0.246 e. The predicted octanol–water partition coefficient (Wildman–Crippen LogP) is 2.02. The Hall–Kier alpha value is -2.60. The lowest BCUT2D eigenvalue weighted by atomic mass is 10.2. The summed E-state index contributed by atoms with van der Waals surface area (Å²) in [4.78, 5) is 16.6. The summed E-state index contributed by atoms with van der Waals surface area (Å²) < 4.78 is 22.5. The maximum atomic E-state index is 12.4. The molecule has 0 aromatic heterocycles. The van der Waals surface area contributed by atoms with Crippen LogP contribution in [0.2, 0.25) is 0 Å². The smallest absolute Gasteiger partial charge is 0.246 e. The van der Waals surface area contributed by atoms with Gasteiger partial charge >= 0.3 is 0 Å². The monoisotopic (exact) mass is 356 g/mol. The second-order valence-corrected chi connectivity index (χ2v) is 6.79. The van der Waals surface area contributed by atoms with E-state index >= 15 is 0 Å². The lowest BCUT2D eigenvalue weighted by molar-refractivity contribution is -0.126. The van der Waals surface area contributed by atoms with E-state index in [1.165, 1.54) is 17.8 Å². The van der Waals surface area contributed by atoms with Crippen LogP contribution in [0, 0.1) is 0 Å². The minimum Gasteiger partial charge on any atom is -0.368 e. The number of carbonyl (C=O) groups is 1. The average Bonchev–Trinajstić information content (AvgIpc) is 2.67. The molecule has 0 unspecified atom stereocenters. The van der Waals surface area contributed by atoms with E-state index in [1.54, 1.807) is 29.2 Å². The van der Waals surface area contributed by atoms with Crippen molar-refractivity contribution in [2.75, 3.05) is 31.1 Å². The number of anilines is 1. The van der Waals surface area contributed by atoms with Crippen molar-refractivity contribution < 1.29 is 13.2 Å². The van der Waals surface area contributed by atoms with Crippen molar-refractivity contribution in [2.45, 2.75) is 4.90 Å². The summed E-state index contributed by atoms with van der Waals surface area (Å²) in [6, 6.07) is 16.8. The number of para-hydroxylation sites is 1. The van der Waals surface area contributed by atoms with Gasteiger partial charge in [0.2, 0.25) is 5.91 Å². The van der Waals surface area contributed by atoms with E-state index < -0.39 is 10.7 Å². The van der Waals surface area contributed by atoms with Gasteiger partial charge in [0.25, 0.3) is 0 Å². The predicted molar refractivity (Wildman–Crippen MR) is 99.3 cm³/mol. The third-order valence-corrected chi connectivity index (χ3v) is 5.05. The number of hydrogen-bond donors (Lipinski definition) is 1. The van der Waals surface area contributed by atoms with Gasteiger partial charge in [0.05, 0.1) is 4.90 Å². The van der Waals surface area contributed by atoms with Crippen molar-refractivity contribution in [3.05, 3.63) is 66.2 Å². The molecule has 5 nitrogen and oxygen atoms in total. The second kappa shape index (κ2) is 7.98. The number of hydrogen-bond acceptors (Lipinski definition) is 4. The van der Waals surface area contributed by atoms with Crippen LogP contribution in [0.25, 0.3) is 6.08 Å². The summed E-state index contributed by atoms with van der Waals surface area (Å²) in [5.74, 6) is -0.0939. The lowest BCUT2D eigenvalue weighted by Gasteiger charge is -2.35.